The van der Waals surface area contributed by atoms with Gasteiger partial charge in [-0.3, -0.25) is 19.5 Å². The molecule has 32 heavy (non-hydrogen) atoms. The summed E-state index contributed by atoms with van der Waals surface area (Å²) in [6.45, 7) is 2.20. The number of nitrogens with two attached hydrogens (primary N) is 1. The first-order valence-electron chi connectivity index (χ1n) is 10.9. The average Bonchev–Trinajstić information content (AvgIpc) is 3.08. The zero-order valence-electron chi connectivity index (χ0n) is 18.7. The van der Waals surface area contributed by atoms with Gasteiger partial charge < -0.3 is 15.2 Å². The number of carbonyl (C=O) groups is 2. The fourth-order valence-electron chi connectivity index (χ4n) is 4.76. The van der Waals surface area contributed by atoms with Gasteiger partial charge in [0.1, 0.15) is 28.9 Å². The SMILES string of the molecule is COc1cc(OC)cc(C(C(N)=O)N2C(=O)C(c3ccccc3)=NC23CCC(C)CC3)c1. The molecule has 1 heterocycles. The third kappa shape index (κ3) is 3.83. The van der Waals surface area contributed by atoms with E-state index in [9.17, 15) is 9.59 Å². The van der Waals surface area contributed by atoms with Crippen LogP contribution in [0.2, 0.25) is 0 Å². The highest BCUT2D eigenvalue weighted by molar-refractivity contribution is 6.47. The van der Waals surface area contributed by atoms with Gasteiger partial charge in [0.25, 0.3) is 5.91 Å². The standard InChI is InChI=1S/C25H29N3O4/c1-16-9-11-25(12-10-16)27-21(17-7-5-4-6-8-17)24(30)28(25)22(23(26)29)18-13-19(31-2)15-20(14-18)32-3/h4-8,13-16,22H,9-12H2,1-3H3,(H2,26,29). The topological polar surface area (TPSA) is 94.2 Å². The summed E-state index contributed by atoms with van der Waals surface area (Å²) < 4.78 is 10.8. The van der Waals surface area contributed by atoms with Gasteiger partial charge in [-0.05, 0) is 49.3 Å². The molecule has 7 heteroatoms. The van der Waals surface area contributed by atoms with Gasteiger partial charge >= 0.3 is 0 Å². The van der Waals surface area contributed by atoms with E-state index in [1.54, 1.807) is 37.3 Å². The Morgan fingerprint density at radius 2 is 1.69 bits per heavy atom. The van der Waals surface area contributed by atoms with E-state index >= 15 is 0 Å². The van der Waals surface area contributed by atoms with Crippen LogP contribution in [0.25, 0.3) is 0 Å². The zero-order valence-corrected chi connectivity index (χ0v) is 18.7. The number of amides is 2. The molecule has 0 saturated heterocycles. The molecular weight excluding hydrogens is 406 g/mol. The third-order valence-corrected chi connectivity index (χ3v) is 6.53. The number of rotatable bonds is 6. The molecule has 1 saturated carbocycles. The molecule has 4 rings (SSSR count). The van der Waals surface area contributed by atoms with Crippen molar-refractivity contribution in [2.75, 3.05) is 14.2 Å². The molecule has 168 valence electrons. The maximum atomic E-state index is 13.8. The summed E-state index contributed by atoms with van der Waals surface area (Å²) in [5.41, 5.74) is 6.79. The molecule has 2 aromatic carbocycles. The van der Waals surface area contributed by atoms with Crippen LogP contribution >= 0.6 is 0 Å². The van der Waals surface area contributed by atoms with Gasteiger partial charge in [0, 0.05) is 11.6 Å². The lowest BCUT2D eigenvalue weighted by molar-refractivity contribution is -0.141. The quantitative estimate of drug-likeness (QED) is 0.752. The van der Waals surface area contributed by atoms with E-state index in [-0.39, 0.29) is 5.91 Å². The predicted molar refractivity (Wildman–Crippen MR) is 122 cm³/mol. The van der Waals surface area contributed by atoms with Crippen molar-refractivity contribution in [2.45, 2.75) is 44.3 Å². The third-order valence-electron chi connectivity index (χ3n) is 6.53. The summed E-state index contributed by atoms with van der Waals surface area (Å²) in [4.78, 5) is 33.3. The highest BCUT2D eigenvalue weighted by atomic mass is 16.5. The summed E-state index contributed by atoms with van der Waals surface area (Å²) in [5.74, 6) is 0.686. The van der Waals surface area contributed by atoms with Crippen molar-refractivity contribution in [1.29, 1.82) is 0 Å². The maximum absolute atomic E-state index is 13.8. The van der Waals surface area contributed by atoms with Crippen molar-refractivity contribution in [3.63, 3.8) is 0 Å². The van der Waals surface area contributed by atoms with E-state index in [2.05, 4.69) is 6.92 Å². The first kappa shape index (κ1) is 21.9. The van der Waals surface area contributed by atoms with Crippen molar-refractivity contribution in [1.82, 2.24) is 4.90 Å². The van der Waals surface area contributed by atoms with E-state index in [4.69, 9.17) is 20.2 Å². The smallest absolute Gasteiger partial charge is 0.275 e. The normalized spacial score (nSPS) is 23.7. The molecule has 7 nitrogen and oxygen atoms in total. The minimum atomic E-state index is -0.995. The monoisotopic (exact) mass is 435 g/mol. The molecule has 1 fully saturated rings. The molecule has 2 aromatic rings. The summed E-state index contributed by atoms with van der Waals surface area (Å²) in [5, 5.41) is 0. The lowest BCUT2D eigenvalue weighted by Crippen LogP contribution is -2.53. The second-order valence-electron chi connectivity index (χ2n) is 8.62. The second kappa shape index (κ2) is 8.65. The fourth-order valence-corrected chi connectivity index (χ4v) is 4.76. The number of nitrogens with zero attached hydrogens (tertiary/aromatic N) is 2. The second-order valence-corrected chi connectivity index (χ2v) is 8.62. The number of hydrogen-bond donors (Lipinski definition) is 1. The van der Waals surface area contributed by atoms with Crippen LogP contribution in [0, 0.1) is 5.92 Å². The molecule has 1 spiro atoms. The number of methoxy groups -OCH3 is 2. The van der Waals surface area contributed by atoms with Gasteiger partial charge in [0.2, 0.25) is 5.91 Å². The first-order valence-corrected chi connectivity index (χ1v) is 10.9. The maximum Gasteiger partial charge on any atom is 0.275 e. The lowest BCUT2D eigenvalue weighted by atomic mass is 9.81. The Kier molecular flexibility index (Phi) is 5.91. The average molecular weight is 436 g/mol. The minimum Gasteiger partial charge on any atom is -0.497 e. The molecule has 0 bridgehead atoms. The van der Waals surface area contributed by atoms with Gasteiger partial charge in [-0.1, -0.05) is 37.3 Å². The molecule has 2 N–H and O–H groups in total. The van der Waals surface area contributed by atoms with Gasteiger partial charge in [0.15, 0.2) is 0 Å². The molecule has 1 unspecified atom stereocenters. The van der Waals surface area contributed by atoms with Crippen LogP contribution in [-0.4, -0.2) is 42.3 Å². The fraction of sp³-hybridized carbons (Fsp3) is 0.400. The van der Waals surface area contributed by atoms with Gasteiger partial charge in [-0.2, -0.15) is 0 Å². The molecule has 0 radical (unpaired) electrons. The number of carbonyl (C=O) groups excluding carboxylic acids is 2. The van der Waals surface area contributed by atoms with Crippen LogP contribution in [-0.2, 0) is 9.59 Å². The Morgan fingerprint density at radius 3 is 2.22 bits per heavy atom. The highest BCUT2D eigenvalue weighted by Crippen LogP contribution is 2.46. The van der Waals surface area contributed by atoms with Gasteiger partial charge in [-0.15, -0.1) is 0 Å². The number of primary amides is 1. The van der Waals surface area contributed by atoms with E-state index in [1.165, 1.54) is 0 Å². The van der Waals surface area contributed by atoms with Crippen LogP contribution in [0.5, 0.6) is 11.5 Å². The molecule has 0 aromatic heterocycles. The van der Waals surface area contributed by atoms with E-state index in [0.29, 0.717) is 41.5 Å². The van der Waals surface area contributed by atoms with Crippen molar-refractivity contribution in [3.8, 4) is 11.5 Å². The van der Waals surface area contributed by atoms with E-state index in [0.717, 1.165) is 18.4 Å². The summed E-state index contributed by atoms with van der Waals surface area (Å²) in [7, 11) is 3.08. The predicted octanol–water partition coefficient (Wildman–Crippen LogP) is 3.47. The Labute approximate surface area is 188 Å². The van der Waals surface area contributed by atoms with Crippen molar-refractivity contribution in [2.24, 2.45) is 16.6 Å². The summed E-state index contributed by atoms with van der Waals surface area (Å²) >= 11 is 0. The molecule has 1 aliphatic carbocycles. The number of ether oxygens (including phenoxy) is 2. The van der Waals surface area contributed by atoms with Crippen LogP contribution < -0.4 is 15.2 Å². The van der Waals surface area contributed by atoms with Crippen LogP contribution in [0.4, 0.5) is 0 Å². The number of benzene rings is 2. The first-order chi connectivity index (χ1) is 15.4. The van der Waals surface area contributed by atoms with Crippen LogP contribution in [0.1, 0.15) is 49.8 Å². The van der Waals surface area contributed by atoms with Crippen molar-refractivity contribution >= 4 is 17.5 Å². The Hall–Kier alpha value is -3.35. The van der Waals surface area contributed by atoms with Crippen molar-refractivity contribution < 1.29 is 19.1 Å². The molecule has 1 atom stereocenters. The van der Waals surface area contributed by atoms with Crippen molar-refractivity contribution in [3.05, 3.63) is 59.7 Å². The minimum absolute atomic E-state index is 0.281. The Bertz CT molecular complexity index is 1020. The molecule has 2 amide bonds. The van der Waals surface area contributed by atoms with Crippen LogP contribution in [0.3, 0.4) is 0 Å². The lowest BCUT2D eigenvalue weighted by Gasteiger charge is -2.44. The molecule has 2 aliphatic rings. The van der Waals surface area contributed by atoms with E-state index in [1.807, 2.05) is 30.3 Å². The highest BCUT2D eigenvalue weighted by Gasteiger charge is 2.53. The number of hydrogen-bond acceptors (Lipinski definition) is 5. The molecular formula is C25H29N3O4. The summed E-state index contributed by atoms with van der Waals surface area (Å²) in [6.07, 6.45) is 3.20. The van der Waals surface area contributed by atoms with E-state index < -0.39 is 17.6 Å². The summed E-state index contributed by atoms with van der Waals surface area (Å²) in [6, 6.07) is 13.6. The van der Waals surface area contributed by atoms with Gasteiger partial charge in [0.05, 0.1) is 14.2 Å². The molecule has 1 aliphatic heterocycles. The largest absolute Gasteiger partial charge is 0.497 e. The van der Waals surface area contributed by atoms with Crippen LogP contribution in [0.15, 0.2) is 53.5 Å². The zero-order chi connectivity index (χ0) is 22.9. The number of aliphatic imine (C=N–C) groups is 1. The Balaban J connectivity index is 1.85. The van der Waals surface area contributed by atoms with Gasteiger partial charge in [-0.25, -0.2) is 0 Å². The Morgan fingerprint density at radius 1 is 1.09 bits per heavy atom.